The molecule has 0 aromatic heterocycles. The van der Waals surface area contributed by atoms with Gasteiger partial charge < -0.3 is 4.74 Å². The molecule has 1 heterocycles. The number of rotatable bonds is 2. The third-order valence-electron chi connectivity index (χ3n) is 2.84. The first-order chi connectivity index (χ1) is 8.39. The smallest absolute Gasteiger partial charge is 0.243 e. The number of nitrogens with zero attached hydrogens (tertiary/aromatic N) is 1. The highest BCUT2D eigenvalue weighted by molar-refractivity contribution is 7.89. The minimum Gasteiger partial charge on any atom is -0.373 e. The monoisotopic (exact) mass is 289 g/mol. The summed E-state index contributed by atoms with van der Waals surface area (Å²) in [6.07, 6.45) is -0.174. The van der Waals surface area contributed by atoms with Crippen molar-refractivity contribution < 1.29 is 13.2 Å². The molecule has 1 fully saturated rings. The van der Waals surface area contributed by atoms with Crippen molar-refractivity contribution in [1.82, 2.24) is 4.31 Å². The van der Waals surface area contributed by atoms with Crippen LogP contribution in [0.25, 0.3) is 0 Å². The maximum Gasteiger partial charge on any atom is 0.243 e. The molecule has 6 heteroatoms. The Morgan fingerprint density at radius 2 is 1.67 bits per heavy atom. The van der Waals surface area contributed by atoms with Gasteiger partial charge in [0, 0.05) is 18.1 Å². The van der Waals surface area contributed by atoms with Crippen LogP contribution in [0.4, 0.5) is 0 Å². The van der Waals surface area contributed by atoms with E-state index >= 15 is 0 Å². The lowest BCUT2D eigenvalue weighted by atomic mass is 10.3. The van der Waals surface area contributed by atoms with Gasteiger partial charge in [-0.15, -0.1) is 0 Å². The molecular formula is C12H16ClNO3S. The second-order valence-electron chi connectivity index (χ2n) is 4.53. The first kappa shape index (κ1) is 13.8. The van der Waals surface area contributed by atoms with Crippen molar-refractivity contribution in [3.63, 3.8) is 0 Å². The van der Waals surface area contributed by atoms with Crippen LogP contribution in [-0.2, 0) is 14.8 Å². The minimum absolute atomic E-state index is 0.0872. The molecule has 0 aliphatic carbocycles. The zero-order valence-corrected chi connectivity index (χ0v) is 11.9. The van der Waals surface area contributed by atoms with Crippen molar-refractivity contribution in [1.29, 1.82) is 0 Å². The van der Waals surface area contributed by atoms with E-state index in [0.29, 0.717) is 18.1 Å². The second kappa shape index (κ2) is 5.17. The number of morpholine rings is 1. The molecular weight excluding hydrogens is 274 g/mol. The van der Waals surface area contributed by atoms with Gasteiger partial charge in [-0.05, 0) is 38.1 Å². The van der Waals surface area contributed by atoms with Crippen LogP contribution in [0, 0.1) is 0 Å². The molecule has 4 nitrogen and oxygen atoms in total. The Hall–Kier alpha value is -0.620. The van der Waals surface area contributed by atoms with Gasteiger partial charge in [0.15, 0.2) is 0 Å². The fourth-order valence-electron chi connectivity index (χ4n) is 2.08. The third kappa shape index (κ3) is 2.85. The highest BCUT2D eigenvalue weighted by Gasteiger charge is 2.31. The number of ether oxygens (including phenoxy) is 1. The molecule has 1 aliphatic rings. The summed E-state index contributed by atoms with van der Waals surface area (Å²) in [6, 6.07) is 6.23. The van der Waals surface area contributed by atoms with E-state index in [9.17, 15) is 8.42 Å². The van der Waals surface area contributed by atoms with Gasteiger partial charge in [0.25, 0.3) is 0 Å². The van der Waals surface area contributed by atoms with Gasteiger partial charge in [-0.1, -0.05) is 11.6 Å². The summed E-state index contributed by atoms with van der Waals surface area (Å²) in [7, 11) is -3.45. The molecule has 0 bridgehead atoms. The molecule has 0 saturated carbocycles. The first-order valence-corrected chi connectivity index (χ1v) is 7.62. The van der Waals surface area contributed by atoms with E-state index < -0.39 is 10.0 Å². The van der Waals surface area contributed by atoms with Crippen LogP contribution < -0.4 is 0 Å². The Labute approximate surface area is 113 Å². The third-order valence-corrected chi connectivity index (χ3v) is 4.94. The van der Waals surface area contributed by atoms with Gasteiger partial charge in [-0.2, -0.15) is 4.31 Å². The Morgan fingerprint density at radius 3 is 2.17 bits per heavy atom. The lowest BCUT2D eigenvalue weighted by Gasteiger charge is -2.34. The molecule has 1 saturated heterocycles. The molecule has 0 amide bonds. The van der Waals surface area contributed by atoms with Gasteiger partial charge in [0.2, 0.25) is 10.0 Å². The molecule has 0 unspecified atom stereocenters. The highest BCUT2D eigenvalue weighted by Crippen LogP contribution is 2.22. The number of hydrogen-bond donors (Lipinski definition) is 0. The minimum atomic E-state index is -3.45. The zero-order valence-electron chi connectivity index (χ0n) is 10.3. The molecule has 1 aliphatic heterocycles. The number of sulfonamides is 1. The van der Waals surface area contributed by atoms with E-state index in [1.54, 1.807) is 12.1 Å². The molecule has 1 aromatic rings. The van der Waals surface area contributed by atoms with Crippen molar-refractivity contribution in [2.75, 3.05) is 13.1 Å². The van der Waals surface area contributed by atoms with Crippen LogP contribution in [0.15, 0.2) is 29.2 Å². The summed E-state index contributed by atoms with van der Waals surface area (Å²) in [6.45, 7) is 4.52. The van der Waals surface area contributed by atoms with E-state index in [1.165, 1.54) is 16.4 Å². The fraction of sp³-hybridized carbons (Fsp3) is 0.500. The van der Waals surface area contributed by atoms with E-state index in [1.807, 2.05) is 13.8 Å². The quantitative estimate of drug-likeness (QED) is 0.838. The SMILES string of the molecule is C[C@@H]1CN(S(=O)(=O)c2ccc(Cl)cc2)C[C@@H](C)O1. The fourth-order valence-corrected chi connectivity index (χ4v) is 3.80. The van der Waals surface area contributed by atoms with Crippen molar-refractivity contribution in [3.05, 3.63) is 29.3 Å². The lowest BCUT2D eigenvalue weighted by Crippen LogP contribution is -2.48. The zero-order chi connectivity index (χ0) is 13.3. The van der Waals surface area contributed by atoms with Crippen molar-refractivity contribution in [2.45, 2.75) is 31.0 Å². The maximum absolute atomic E-state index is 12.4. The Balaban J connectivity index is 2.28. The Kier molecular flexibility index (Phi) is 3.96. The second-order valence-corrected chi connectivity index (χ2v) is 6.91. The molecule has 2 atom stereocenters. The van der Waals surface area contributed by atoms with Gasteiger partial charge in [-0.25, -0.2) is 8.42 Å². The van der Waals surface area contributed by atoms with Gasteiger partial charge >= 0.3 is 0 Å². The largest absolute Gasteiger partial charge is 0.373 e. The summed E-state index contributed by atoms with van der Waals surface area (Å²) in [5.41, 5.74) is 0. The van der Waals surface area contributed by atoms with E-state index in [-0.39, 0.29) is 17.1 Å². The average Bonchev–Trinajstić information content (AvgIpc) is 2.28. The molecule has 2 rings (SSSR count). The van der Waals surface area contributed by atoms with Crippen LogP contribution in [0.3, 0.4) is 0 Å². The summed E-state index contributed by atoms with van der Waals surface area (Å²) in [5, 5.41) is 0.526. The van der Waals surface area contributed by atoms with Crippen molar-refractivity contribution in [2.24, 2.45) is 0 Å². The van der Waals surface area contributed by atoms with E-state index in [4.69, 9.17) is 16.3 Å². The number of halogens is 1. The standard InChI is InChI=1S/C12H16ClNO3S/c1-9-7-14(8-10(2)17-9)18(15,16)12-5-3-11(13)4-6-12/h3-6,9-10H,7-8H2,1-2H3/t9-,10-/m1/s1. The molecule has 1 aromatic carbocycles. The maximum atomic E-state index is 12.4. The normalized spacial score (nSPS) is 26.2. The van der Waals surface area contributed by atoms with Crippen LogP contribution >= 0.6 is 11.6 Å². The average molecular weight is 290 g/mol. The molecule has 0 radical (unpaired) electrons. The van der Waals surface area contributed by atoms with Gasteiger partial charge in [0.1, 0.15) is 0 Å². The highest BCUT2D eigenvalue weighted by atomic mass is 35.5. The van der Waals surface area contributed by atoms with Crippen LogP contribution in [0.5, 0.6) is 0 Å². The predicted molar refractivity (Wildman–Crippen MR) is 70.2 cm³/mol. The van der Waals surface area contributed by atoms with Crippen LogP contribution in [0.2, 0.25) is 5.02 Å². The van der Waals surface area contributed by atoms with Crippen LogP contribution in [0.1, 0.15) is 13.8 Å². The van der Waals surface area contributed by atoms with Gasteiger partial charge in [0.05, 0.1) is 17.1 Å². The molecule has 100 valence electrons. The summed E-state index contributed by atoms with van der Waals surface area (Å²) >= 11 is 5.77. The first-order valence-electron chi connectivity index (χ1n) is 5.81. The summed E-state index contributed by atoms with van der Waals surface area (Å²) in [4.78, 5) is 0.271. The predicted octanol–water partition coefficient (Wildman–Crippen LogP) is 2.14. The van der Waals surface area contributed by atoms with Crippen molar-refractivity contribution >= 4 is 21.6 Å². The summed E-state index contributed by atoms with van der Waals surface area (Å²) < 4.78 is 31.8. The molecule has 0 spiro atoms. The Morgan fingerprint density at radius 1 is 1.17 bits per heavy atom. The van der Waals surface area contributed by atoms with Crippen molar-refractivity contribution in [3.8, 4) is 0 Å². The Bertz CT molecular complexity index is 505. The topological polar surface area (TPSA) is 46.6 Å². The summed E-state index contributed by atoms with van der Waals surface area (Å²) in [5.74, 6) is 0. The van der Waals surface area contributed by atoms with Gasteiger partial charge in [-0.3, -0.25) is 0 Å². The lowest BCUT2D eigenvalue weighted by molar-refractivity contribution is -0.0440. The van der Waals surface area contributed by atoms with E-state index in [0.717, 1.165) is 0 Å². The number of hydrogen-bond acceptors (Lipinski definition) is 3. The van der Waals surface area contributed by atoms with E-state index in [2.05, 4.69) is 0 Å². The van der Waals surface area contributed by atoms with Crippen LogP contribution in [-0.4, -0.2) is 38.0 Å². The molecule has 18 heavy (non-hydrogen) atoms. The molecule has 0 N–H and O–H groups in total. The number of benzene rings is 1.